The van der Waals surface area contributed by atoms with Gasteiger partial charge >= 0.3 is 0 Å². The first-order valence-corrected chi connectivity index (χ1v) is 7.80. The van der Waals surface area contributed by atoms with Gasteiger partial charge in [0.05, 0.1) is 0 Å². The highest BCUT2D eigenvalue weighted by molar-refractivity contribution is 5.71. The molecule has 0 aromatic heterocycles. The minimum atomic E-state index is 1.27. The van der Waals surface area contributed by atoms with Gasteiger partial charge in [-0.15, -0.1) is 0 Å². The third-order valence-corrected chi connectivity index (χ3v) is 4.53. The monoisotopic (exact) mass is 286 g/mol. The first kappa shape index (κ1) is 14.6. The van der Waals surface area contributed by atoms with E-state index in [4.69, 9.17) is 0 Å². The van der Waals surface area contributed by atoms with E-state index in [-0.39, 0.29) is 0 Å². The second-order valence-corrected chi connectivity index (χ2v) is 6.18. The highest BCUT2D eigenvalue weighted by atomic mass is 14.1. The average Bonchev–Trinajstić information content (AvgIpc) is 2.53. The average molecular weight is 286 g/mol. The van der Waals surface area contributed by atoms with Crippen molar-refractivity contribution in [2.45, 2.75) is 27.7 Å². The molecule has 0 bridgehead atoms. The topological polar surface area (TPSA) is 0 Å². The van der Waals surface area contributed by atoms with Crippen LogP contribution in [0.5, 0.6) is 0 Å². The molecule has 0 fully saturated rings. The van der Waals surface area contributed by atoms with Crippen LogP contribution in [0.4, 0.5) is 0 Å². The summed E-state index contributed by atoms with van der Waals surface area (Å²) < 4.78 is 0. The standard InChI is InChI=1S/C22H22/c1-15-5-7-19(8-6-15)20-9-11-21(12-10-20)22-13-16(2)18(4)17(3)14-22/h5-14H,1-4H3. The van der Waals surface area contributed by atoms with E-state index in [1.165, 1.54) is 44.5 Å². The van der Waals surface area contributed by atoms with Crippen molar-refractivity contribution in [1.29, 1.82) is 0 Å². The third kappa shape index (κ3) is 2.82. The summed E-state index contributed by atoms with van der Waals surface area (Å²) in [5.41, 5.74) is 10.5. The minimum Gasteiger partial charge on any atom is -0.0587 e. The van der Waals surface area contributed by atoms with Gasteiger partial charge in [0.1, 0.15) is 0 Å². The van der Waals surface area contributed by atoms with Crippen molar-refractivity contribution in [2.24, 2.45) is 0 Å². The Bertz CT molecular complexity index is 767. The SMILES string of the molecule is Cc1ccc(-c2ccc(-c3cc(C)c(C)c(C)c3)cc2)cc1. The van der Waals surface area contributed by atoms with E-state index in [1.807, 2.05) is 0 Å². The molecule has 0 radical (unpaired) electrons. The summed E-state index contributed by atoms with van der Waals surface area (Å²) in [6, 6.07) is 22.1. The van der Waals surface area contributed by atoms with Crippen LogP contribution in [0, 0.1) is 27.7 Å². The van der Waals surface area contributed by atoms with Gasteiger partial charge in [-0.25, -0.2) is 0 Å². The molecule has 0 heteroatoms. The largest absolute Gasteiger partial charge is 0.0587 e. The molecule has 22 heavy (non-hydrogen) atoms. The van der Waals surface area contributed by atoms with E-state index in [1.54, 1.807) is 0 Å². The molecule has 3 rings (SSSR count). The van der Waals surface area contributed by atoms with Crippen molar-refractivity contribution in [2.75, 3.05) is 0 Å². The van der Waals surface area contributed by atoms with Crippen molar-refractivity contribution in [3.05, 3.63) is 82.9 Å². The van der Waals surface area contributed by atoms with Gasteiger partial charge in [0.25, 0.3) is 0 Å². The Hall–Kier alpha value is -2.34. The smallest absolute Gasteiger partial charge is 0.0179 e. The van der Waals surface area contributed by atoms with E-state index in [0.717, 1.165) is 0 Å². The van der Waals surface area contributed by atoms with Crippen molar-refractivity contribution in [3.8, 4) is 22.3 Å². The Morgan fingerprint density at radius 2 is 0.818 bits per heavy atom. The summed E-state index contributed by atoms with van der Waals surface area (Å²) >= 11 is 0. The molecular formula is C22H22. The van der Waals surface area contributed by atoms with Crippen LogP contribution in [-0.2, 0) is 0 Å². The molecule has 0 aliphatic carbocycles. The van der Waals surface area contributed by atoms with Crippen molar-refractivity contribution >= 4 is 0 Å². The molecule has 0 unspecified atom stereocenters. The van der Waals surface area contributed by atoms with Gasteiger partial charge in [0.15, 0.2) is 0 Å². The molecule has 0 heterocycles. The van der Waals surface area contributed by atoms with E-state index in [2.05, 4.69) is 88.4 Å². The van der Waals surface area contributed by atoms with E-state index in [0.29, 0.717) is 0 Å². The second kappa shape index (κ2) is 5.81. The number of benzene rings is 3. The first-order chi connectivity index (χ1) is 10.5. The fourth-order valence-corrected chi connectivity index (χ4v) is 2.80. The maximum atomic E-state index is 2.28. The quantitative estimate of drug-likeness (QED) is 0.522. The predicted molar refractivity (Wildman–Crippen MR) is 96.3 cm³/mol. The fraction of sp³-hybridized carbons (Fsp3) is 0.182. The lowest BCUT2D eigenvalue weighted by molar-refractivity contribution is 1.27. The normalized spacial score (nSPS) is 10.7. The molecule has 0 spiro atoms. The zero-order valence-corrected chi connectivity index (χ0v) is 13.8. The molecular weight excluding hydrogens is 264 g/mol. The highest BCUT2D eigenvalue weighted by Gasteiger charge is 2.04. The molecule has 0 aliphatic heterocycles. The summed E-state index contributed by atoms with van der Waals surface area (Å²) in [6.45, 7) is 8.68. The van der Waals surface area contributed by atoms with Crippen LogP contribution in [0.2, 0.25) is 0 Å². The van der Waals surface area contributed by atoms with E-state index >= 15 is 0 Å². The summed E-state index contributed by atoms with van der Waals surface area (Å²) in [5.74, 6) is 0. The maximum Gasteiger partial charge on any atom is -0.0179 e. The van der Waals surface area contributed by atoms with Gasteiger partial charge in [-0.2, -0.15) is 0 Å². The Kier molecular flexibility index (Phi) is 3.85. The van der Waals surface area contributed by atoms with Crippen molar-refractivity contribution < 1.29 is 0 Å². The molecule has 0 N–H and O–H groups in total. The van der Waals surface area contributed by atoms with E-state index in [9.17, 15) is 0 Å². The molecule has 0 aliphatic rings. The van der Waals surface area contributed by atoms with Gasteiger partial charge in [0, 0.05) is 0 Å². The van der Waals surface area contributed by atoms with Crippen LogP contribution in [0.1, 0.15) is 22.3 Å². The third-order valence-electron chi connectivity index (χ3n) is 4.53. The highest BCUT2D eigenvalue weighted by Crippen LogP contribution is 2.27. The Morgan fingerprint density at radius 3 is 1.27 bits per heavy atom. The van der Waals surface area contributed by atoms with Gasteiger partial charge in [0.2, 0.25) is 0 Å². The molecule has 0 saturated heterocycles. The predicted octanol–water partition coefficient (Wildman–Crippen LogP) is 6.25. The van der Waals surface area contributed by atoms with Gasteiger partial charge < -0.3 is 0 Å². The number of hydrogen-bond donors (Lipinski definition) is 0. The van der Waals surface area contributed by atoms with Crippen LogP contribution in [0.3, 0.4) is 0 Å². The zero-order chi connectivity index (χ0) is 15.7. The van der Waals surface area contributed by atoms with Crippen LogP contribution >= 0.6 is 0 Å². The number of rotatable bonds is 2. The maximum absolute atomic E-state index is 2.28. The lowest BCUT2D eigenvalue weighted by atomic mass is 9.95. The molecule has 0 nitrogen and oxygen atoms in total. The van der Waals surface area contributed by atoms with Crippen LogP contribution < -0.4 is 0 Å². The van der Waals surface area contributed by atoms with Gasteiger partial charge in [-0.1, -0.05) is 66.2 Å². The lowest BCUT2D eigenvalue weighted by Crippen LogP contribution is -1.89. The Labute approximate surface area is 133 Å². The summed E-state index contributed by atoms with van der Waals surface area (Å²) in [7, 11) is 0. The fourth-order valence-electron chi connectivity index (χ4n) is 2.80. The Balaban J connectivity index is 1.96. The molecule has 3 aromatic rings. The first-order valence-electron chi connectivity index (χ1n) is 7.80. The molecule has 0 atom stereocenters. The molecule has 3 aromatic carbocycles. The van der Waals surface area contributed by atoms with Gasteiger partial charge in [-0.05, 0) is 66.6 Å². The second-order valence-electron chi connectivity index (χ2n) is 6.18. The summed E-state index contributed by atoms with van der Waals surface area (Å²) in [4.78, 5) is 0. The minimum absolute atomic E-state index is 1.27. The zero-order valence-electron chi connectivity index (χ0n) is 13.8. The molecule has 110 valence electrons. The van der Waals surface area contributed by atoms with Crippen LogP contribution in [0.25, 0.3) is 22.3 Å². The molecule has 0 amide bonds. The van der Waals surface area contributed by atoms with Crippen molar-refractivity contribution in [3.63, 3.8) is 0 Å². The summed E-state index contributed by atoms with van der Waals surface area (Å²) in [6.07, 6.45) is 0. The molecule has 0 saturated carbocycles. The van der Waals surface area contributed by atoms with E-state index < -0.39 is 0 Å². The Morgan fingerprint density at radius 1 is 0.455 bits per heavy atom. The van der Waals surface area contributed by atoms with Crippen LogP contribution in [-0.4, -0.2) is 0 Å². The summed E-state index contributed by atoms with van der Waals surface area (Å²) in [5, 5.41) is 0. The lowest BCUT2D eigenvalue weighted by Gasteiger charge is -2.10. The van der Waals surface area contributed by atoms with Crippen LogP contribution in [0.15, 0.2) is 60.7 Å². The van der Waals surface area contributed by atoms with Gasteiger partial charge in [-0.3, -0.25) is 0 Å². The number of hydrogen-bond acceptors (Lipinski definition) is 0. The number of aryl methyl sites for hydroxylation is 3. The van der Waals surface area contributed by atoms with Crippen molar-refractivity contribution in [1.82, 2.24) is 0 Å².